The van der Waals surface area contributed by atoms with E-state index in [0.717, 1.165) is 13.0 Å². The number of hydrogen-bond donors (Lipinski definition) is 0. The topological polar surface area (TPSA) is 9.23 Å². The Balaban J connectivity index is 3.07. The van der Waals surface area contributed by atoms with Gasteiger partial charge >= 0.3 is 79.7 Å². The van der Waals surface area contributed by atoms with Crippen LogP contribution in [0.4, 0.5) is 0 Å². The van der Waals surface area contributed by atoms with Crippen LogP contribution in [0.1, 0.15) is 19.8 Å². The third-order valence-electron chi connectivity index (χ3n) is 0.764. The van der Waals surface area contributed by atoms with Crippen molar-refractivity contribution in [1.82, 2.24) is 0 Å². The second kappa shape index (κ2) is 5.80. The number of rotatable bonds is 4. The molecule has 1 nitrogen and oxygen atoms in total. The normalized spacial score (nSPS) is 12.0. The van der Waals surface area contributed by atoms with Gasteiger partial charge in [-0.1, -0.05) is 0 Å². The van der Waals surface area contributed by atoms with E-state index in [1.165, 1.54) is 6.42 Å². The molecule has 0 aromatic heterocycles. The van der Waals surface area contributed by atoms with Gasteiger partial charge in [0.1, 0.15) is 0 Å². The van der Waals surface area contributed by atoms with Crippen LogP contribution in [-0.4, -0.2) is 18.7 Å². The molecule has 0 amide bonds. The summed E-state index contributed by atoms with van der Waals surface area (Å²) in [6.45, 7) is 3.01. The van der Waals surface area contributed by atoms with Crippen molar-refractivity contribution in [2.75, 3.05) is 6.61 Å². The molecular weight excluding hydrogens is 422 g/mol. The van der Waals surface area contributed by atoms with Gasteiger partial charge in [-0.2, -0.15) is 0 Å². The molecule has 0 spiro atoms. The Hall–Kier alpha value is 2.20. The summed E-state index contributed by atoms with van der Waals surface area (Å²) in [6.07, 6.45) is 2.33. The van der Waals surface area contributed by atoms with E-state index in [1.54, 1.807) is 0 Å². The molecule has 0 aliphatic carbocycles. The Morgan fingerprint density at radius 2 is 1.89 bits per heavy atom. The van der Waals surface area contributed by atoms with Crippen LogP contribution in [-0.2, 0) is 3.07 Å². The average Bonchev–Trinajstić information content (AvgIpc) is 1.63. The molecule has 0 rings (SSSR count). The van der Waals surface area contributed by atoms with Crippen LogP contribution in [0, 0.1) is 0 Å². The molecule has 9 heavy (non-hydrogen) atoms. The summed E-state index contributed by atoms with van der Waals surface area (Å²) in [4.78, 5) is 0. The first-order valence-corrected chi connectivity index (χ1v) is 23.1. The van der Waals surface area contributed by atoms with Gasteiger partial charge in [-0.15, -0.1) is 0 Å². The molecule has 0 saturated heterocycles. The zero-order valence-electron chi connectivity index (χ0n) is 5.16. The second-order valence-corrected chi connectivity index (χ2v) is 48.9. The Morgan fingerprint density at radius 1 is 1.33 bits per heavy atom. The standard InChI is InChI=1S/C4H9O.3BrH.Sn/c1-2-3-4-5;;;;/h2-4H2,1H3;3*1H;/q-1;;;;+4/p-3. The monoisotopic (exact) mass is 430 g/mol. The van der Waals surface area contributed by atoms with E-state index in [2.05, 4.69) is 45.0 Å². The zero-order chi connectivity index (χ0) is 7.33. The molecule has 0 aromatic carbocycles. The molecule has 0 aliphatic heterocycles. The van der Waals surface area contributed by atoms with Crippen molar-refractivity contribution < 1.29 is 3.07 Å². The molecule has 0 saturated carbocycles. The predicted molar refractivity (Wildman–Crippen MR) is 53.4 cm³/mol. The number of unbranched alkanes of at least 4 members (excludes halogenated alkanes) is 1. The number of hydrogen-bond acceptors (Lipinski definition) is 1. The van der Waals surface area contributed by atoms with Crippen LogP contribution in [0.2, 0.25) is 0 Å². The maximum absolute atomic E-state index is 5.43. The molecule has 0 radical (unpaired) electrons. The van der Waals surface area contributed by atoms with E-state index in [1.807, 2.05) is 0 Å². The molecule has 0 atom stereocenters. The summed E-state index contributed by atoms with van der Waals surface area (Å²) in [5.74, 6) is 0. The van der Waals surface area contributed by atoms with Gasteiger partial charge in [-0.3, -0.25) is 0 Å². The van der Waals surface area contributed by atoms with E-state index in [9.17, 15) is 0 Å². The van der Waals surface area contributed by atoms with Gasteiger partial charge in [-0.05, 0) is 0 Å². The molecule has 0 unspecified atom stereocenters. The van der Waals surface area contributed by atoms with Crippen molar-refractivity contribution in [2.24, 2.45) is 0 Å². The Labute approximate surface area is 78.6 Å². The fraction of sp³-hybridized carbons (Fsp3) is 1.00. The zero-order valence-corrected chi connectivity index (χ0v) is 12.8. The van der Waals surface area contributed by atoms with Crippen molar-refractivity contribution in [3.8, 4) is 0 Å². The SMILES string of the molecule is CCCC[O][Sn]([Br])([Br])[Br]. The molecule has 0 aromatic rings. The third kappa shape index (κ3) is 10.2. The van der Waals surface area contributed by atoms with E-state index in [0.29, 0.717) is 0 Å². The Kier molecular flexibility index (Phi) is 7.22. The van der Waals surface area contributed by atoms with Crippen LogP contribution in [0.15, 0.2) is 0 Å². The predicted octanol–water partition coefficient (Wildman–Crippen LogP) is 3.42. The number of halogens is 3. The first kappa shape index (κ1) is 11.2. The molecule has 0 heterocycles. The summed E-state index contributed by atoms with van der Waals surface area (Å²) in [5.41, 5.74) is 0. The van der Waals surface area contributed by atoms with Gasteiger partial charge in [-0.25, -0.2) is 0 Å². The van der Waals surface area contributed by atoms with E-state index >= 15 is 0 Å². The molecular formula is C4H9Br3OSn. The van der Waals surface area contributed by atoms with Crippen molar-refractivity contribution in [3.05, 3.63) is 0 Å². The van der Waals surface area contributed by atoms with Gasteiger partial charge in [0.05, 0.1) is 0 Å². The van der Waals surface area contributed by atoms with Gasteiger partial charge in [0.15, 0.2) is 0 Å². The quantitative estimate of drug-likeness (QED) is 0.490. The van der Waals surface area contributed by atoms with Crippen LogP contribution < -0.4 is 0 Å². The van der Waals surface area contributed by atoms with Crippen molar-refractivity contribution in [1.29, 1.82) is 0 Å². The van der Waals surface area contributed by atoms with Gasteiger partial charge in [0.2, 0.25) is 0 Å². The first-order chi connectivity index (χ1) is 4.06. The molecule has 0 N–H and O–H groups in total. The van der Waals surface area contributed by atoms with E-state index in [4.69, 9.17) is 3.07 Å². The molecule has 56 valence electrons. The summed E-state index contributed by atoms with van der Waals surface area (Å²) < 4.78 is 5.43. The van der Waals surface area contributed by atoms with Gasteiger partial charge < -0.3 is 0 Å². The third-order valence-corrected chi connectivity index (χ3v) is 6.89. The van der Waals surface area contributed by atoms with Crippen LogP contribution in [0.3, 0.4) is 0 Å². The summed E-state index contributed by atoms with van der Waals surface area (Å²) >= 11 is 7.89. The molecule has 0 fully saturated rings. The van der Waals surface area contributed by atoms with E-state index < -0.39 is 12.1 Å². The fourth-order valence-corrected chi connectivity index (χ4v) is 4.66. The van der Waals surface area contributed by atoms with Crippen molar-refractivity contribution in [2.45, 2.75) is 19.8 Å². The molecule has 0 aliphatic rings. The first-order valence-electron chi connectivity index (χ1n) is 2.77. The molecule has 5 heteroatoms. The molecule has 0 bridgehead atoms. The van der Waals surface area contributed by atoms with Gasteiger partial charge in [0.25, 0.3) is 0 Å². The fourth-order valence-electron chi connectivity index (χ4n) is 0.332. The van der Waals surface area contributed by atoms with Crippen LogP contribution >= 0.6 is 38.1 Å². The summed E-state index contributed by atoms with van der Waals surface area (Å²) in [7, 11) is 0. The second-order valence-electron chi connectivity index (χ2n) is 1.65. The van der Waals surface area contributed by atoms with Crippen LogP contribution in [0.5, 0.6) is 0 Å². The van der Waals surface area contributed by atoms with Crippen LogP contribution in [0.25, 0.3) is 0 Å². The average molecular weight is 432 g/mol. The Bertz CT molecular complexity index is 72.7. The van der Waals surface area contributed by atoms with Gasteiger partial charge in [0, 0.05) is 0 Å². The van der Waals surface area contributed by atoms with Crippen molar-refractivity contribution in [3.63, 3.8) is 0 Å². The minimum absolute atomic E-state index is 0.855. The summed E-state index contributed by atoms with van der Waals surface area (Å²) in [6, 6.07) is 0. The minimum atomic E-state index is -2.39. The summed E-state index contributed by atoms with van der Waals surface area (Å²) in [5, 5.41) is 0. The maximum atomic E-state index is 5.43. The Morgan fingerprint density at radius 3 is 2.22 bits per heavy atom. The van der Waals surface area contributed by atoms with Crippen molar-refractivity contribution >= 4 is 50.2 Å². The van der Waals surface area contributed by atoms with E-state index in [-0.39, 0.29) is 0 Å².